The van der Waals surface area contributed by atoms with Crippen LogP contribution in [0.2, 0.25) is 0 Å². The topological polar surface area (TPSA) is 0 Å². The van der Waals surface area contributed by atoms with Crippen LogP contribution in [0, 0.1) is 0 Å². The van der Waals surface area contributed by atoms with Crippen molar-refractivity contribution >= 4 is 30.2 Å². The van der Waals surface area contributed by atoms with E-state index < -0.39 is 0 Å². The molecule has 0 radical (unpaired) electrons. The molecule has 0 amide bonds. The highest BCUT2D eigenvalue weighted by Gasteiger charge is 1.92. The summed E-state index contributed by atoms with van der Waals surface area (Å²) in [5, 5.41) is 1.48. The highest BCUT2D eigenvalue weighted by Crippen LogP contribution is 2.22. The number of hydrogen-bond acceptors (Lipinski definition) is 0. The summed E-state index contributed by atoms with van der Waals surface area (Å²) in [4.78, 5) is 0. The fourth-order valence-corrected chi connectivity index (χ4v) is 1.49. The summed E-state index contributed by atoms with van der Waals surface area (Å²) in [6, 6.07) is 10.6. The quantitative estimate of drug-likeness (QED) is 0.637. The van der Waals surface area contributed by atoms with E-state index in [4.69, 9.17) is 0 Å². The molecule has 0 saturated carbocycles. The van der Waals surface area contributed by atoms with Gasteiger partial charge in [0.25, 0.3) is 0 Å². The first kappa shape index (κ1) is 10.1. The van der Waals surface area contributed by atoms with Crippen molar-refractivity contribution in [3.63, 3.8) is 0 Å². The van der Waals surface area contributed by atoms with Gasteiger partial charge in [0.1, 0.15) is 0 Å². The zero-order valence-corrected chi connectivity index (χ0v) is 8.85. The third-order valence-corrected chi connectivity index (χ3v) is 2.60. The predicted molar refractivity (Wildman–Crippen MR) is 55.2 cm³/mol. The largest absolute Gasteiger partial charge is 0.114 e. The predicted octanol–water partition coefficient (Wildman–Crippen LogP) is 2.63. The van der Waals surface area contributed by atoms with Crippen LogP contribution in [0.4, 0.5) is 0 Å². The van der Waals surface area contributed by atoms with Crippen LogP contribution in [0.3, 0.4) is 0 Å². The first-order valence-corrected chi connectivity index (χ1v) is 5.26. The Kier molecular flexibility index (Phi) is 4.93. The molecule has 1 aromatic rings. The van der Waals surface area contributed by atoms with Gasteiger partial charge in [-0.25, -0.2) is 0 Å². The monoisotopic (exact) mass is 218 g/mol. The van der Waals surface area contributed by atoms with Crippen molar-refractivity contribution < 1.29 is 0 Å². The van der Waals surface area contributed by atoms with E-state index in [-0.39, 0.29) is 24.9 Å². The molecule has 0 bridgehead atoms. The van der Waals surface area contributed by atoms with Gasteiger partial charge in [-0.3, -0.25) is 0 Å². The van der Waals surface area contributed by atoms with Gasteiger partial charge in [-0.05, 0) is 18.6 Å². The molecule has 0 nitrogen and oxygen atoms in total. The third-order valence-electron chi connectivity index (χ3n) is 1.27. The van der Waals surface area contributed by atoms with Crippen molar-refractivity contribution in [3.8, 4) is 0 Å². The van der Waals surface area contributed by atoms with Crippen molar-refractivity contribution in [3.05, 3.63) is 30.3 Å². The summed E-state index contributed by atoms with van der Waals surface area (Å²) in [7, 11) is 0.104. The minimum Gasteiger partial charge on any atom is -0.114 e. The second kappa shape index (κ2) is 4.87. The van der Waals surface area contributed by atoms with E-state index in [1.807, 2.05) is 0 Å². The van der Waals surface area contributed by atoms with Gasteiger partial charge in [0.15, 0.2) is 0 Å². The summed E-state index contributed by atoms with van der Waals surface area (Å²) >= 11 is 0. The molecular weight excluding hydrogens is 207 g/mol. The van der Waals surface area contributed by atoms with E-state index in [1.54, 1.807) is 0 Å². The van der Waals surface area contributed by atoms with Crippen LogP contribution >= 0.6 is 24.9 Å². The van der Waals surface area contributed by atoms with Gasteiger partial charge < -0.3 is 0 Å². The Morgan fingerprint density at radius 3 is 1.80 bits per heavy atom. The SMILES string of the molecule is Br.CP(C)c1ccccc1. The van der Waals surface area contributed by atoms with Crippen molar-refractivity contribution in [2.24, 2.45) is 0 Å². The van der Waals surface area contributed by atoms with Crippen LogP contribution in [0.1, 0.15) is 0 Å². The van der Waals surface area contributed by atoms with E-state index in [1.165, 1.54) is 5.30 Å². The molecule has 10 heavy (non-hydrogen) atoms. The zero-order valence-electron chi connectivity index (χ0n) is 6.24. The maximum Gasteiger partial charge on any atom is -0.0246 e. The Balaban J connectivity index is 0.000000810. The van der Waals surface area contributed by atoms with E-state index >= 15 is 0 Å². The number of hydrogen-bond donors (Lipinski definition) is 0. The Morgan fingerprint density at radius 1 is 1.00 bits per heavy atom. The van der Waals surface area contributed by atoms with Crippen molar-refractivity contribution in [2.45, 2.75) is 0 Å². The van der Waals surface area contributed by atoms with E-state index in [0.717, 1.165) is 0 Å². The molecule has 0 heterocycles. The summed E-state index contributed by atoms with van der Waals surface area (Å²) in [6.07, 6.45) is 0. The molecule has 56 valence electrons. The van der Waals surface area contributed by atoms with E-state index in [0.29, 0.717) is 0 Å². The minimum absolute atomic E-state index is 0. The van der Waals surface area contributed by atoms with Crippen LogP contribution in [-0.2, 0) is 0 Å². The maximum atomic E-state index is 2.27. The van der Waals surface area contributed by atoms with Crippen molar-refractivity contribution in [1.29, 1.82) is 0 Å². The van der Waals surface area contributed by atoms with Gasteiger partial charge in [-0.15, -0.1) is 17.0 Å². The van der Waals surface area contributed by atoms with Gasteiger partial charge in [0.05, 0.1) is 0 Å². The molecule has 0 unspecified atom stereocenters. The summed E-state index contributed by atoms with van der Waals surface area (Å²) in [6.45, 7) is 4.54. The molecule has 0 aromatic heterocycles. The molecule has 0 saturated heterocycles. The van der Waals surface area contributed by atoms with Crippen LogP contribution in [-0.4, -0.2) is 13.3 Å². The number of halogens is 1. The molecule has 0 N–H and O–H groups in total. The lowest BCUT2D eigenvalue weighted by atomic mass is 10.4. The van der Waals surface area contributed by atoms with Crippen molar-refractivity contribution in [1.82, 2.24) is 0 Å². The molecule has 2 heteroatoms. The first-order valence-electron chi connectivity index (χ1n) is 3.03. The molecule has 1 rings (SSSR count). The van der Waals surface area contributed by atoms with Gasteiger partial charge in [0, 0.05) is 0 Å². The molecule has 0 fully saturated rings. The van der Waals surface area contributed by atoms with E-state index in [9.17, 15) is 0 Å². The third kappa shape index (κ3) is 2.81. The fourth-order valence-electron chi connectivity index (χ4n) is 0.726. The molecule has 1 aromatic carbocycles. The average molecular weight is 219 g/mol. The Morgan fingerprint density at radius 2 is 1.50 bits per heavy atom. The molecule has 0 spiro atoms. The van der Waals surface area contributed by atoms with E-state index in [2.05, 4.69) is 43.7 Å². The summed E-state index contributed by atoms with van der Waals surface area (Å²) in [5.74, 6) is 0. The Bertz CT molecular complexity index is 172. The van der Waals surface area contributed by atoms with Crippen LogP contribution in [0.15, 0.2) is 30.3 Å². The van der Waals surface area contributed by atoms with Gasteiger partial charge in [0.2, 0.25) is 0 Å². The minimum atomic E-state index is 0. The molecule has 0 aliphatic heterocycles. The highest BCUT2D eigenvalue weighted by atomic mass is 79.9. The first-order chi connectivity index (χ1) is 4.30. The fraction of sp³-hybridized carbons (Fsp3) is 0.250. The molecule has 0 aliphatic carbocycles. The Labute approximate surface area is 74.2 Å². The van der Waals surface area contributed by atoms with Crippen LogP contribution in [0.5, 0.6) is 0 Å². The molecule has 0 atom stereocenters. The molecular formula is C8H12BrP. The lowest BCUT2D eigenvalue weighted by molar-refractivity contribution is 1.77. The maximum absolute atomic E-state index is 2.27. The average Bonchev–Trinajstić information content (AvgIpc) is 1.90. The molecule has 0 aliphatic rings. The zero-order chi connectivity index (χ0) is 6.69. The summed E-state index contributed by atoms with van der Waals surface area (Å²) < 4.78 is 0. The normalized spacial score (nSPS) is 9.10. The lowest BCUT2D eigenvalue weighted by Crippen LogP contribution is -1.95. The standard InChI is InChI=1S/C8H11P.BrH/c1-9(2)8-6-4-3-5-7-8;/h3-7H,1-2H3;1H. The number of rotatable bonds is 1. The van der Waals surface area contributed by atoms with Gasteiger partial charge >= 0.3 is 0 Å². The lowest BCUT2D eigenvalue weighted by Gasteiger charge is -2.02. The highest BCUT2D eigenvalue weighted by molar-refractivity contribution is 8.93. The van der Waals surface area contributed by atoms with Gasteiger partial charge in [-0.2, -0.15) is 0 Å². The van der Waals surface area contributed by atoms with Crippen LogP contribution < -0.4 is 5.30 Å². The van der Waals surface area contributed by atoms with Crippen molar-refractivity contribution in [2.75, 3.05) is 13.3 Å². The smallest absolute Gasteiger partial charge is 0.0246 e. The second-order valence-corrected chi connectivity index (χ2v) is 4.54. The summed E-state index contributed by atoms with van der Waals surface area (Å²) in [5.41, 5.74) is 0. The second-order valence-electron chi connectivity index (χ2n) is 2.23. The Hall–Kier alpha value is 0.130. The van der Waals surface area contributed by atoms with Gasteiger partial charge in [-0.1, -0.05) is 38.3 Å². The van der Waals surface area contributed by atoms with Crippen LogP contribution in [0.25, 0.3) is 0 Å². The number of benzene rings is 1.